The molecule has 0 unspecified atom stereocenters. The molecule has 134 valence electrons. The van der Waals surface area contributed by atoms with Crippen molar-refractivity contribution in [3.63, 3.8) is 0 Å². The highest BCUT2D eigenvalue weighted by Crippen LogP contribution is 2.22. The number of benzene rings is 1. The van der Waals surface area contributed by atoms with E-state index in [1.165, 1.54) is 11.1 Å². The van der Waals surface area contributed by atoms with E-state index in [9.17, 15) is 4.79 Å². The van der Waals surface area contributed by atoms with Gasteiger partial charge in [-0.05, 0) is 23.0 Å². The Morgan fingerprint density at radius 3 is 2.50 bits per heavy atom. The van der Waals surface area contributed by atoms with Crippen LogP contribution in [0, 0.1) is 0 Å². The van der Waals surface area contributed by atoms with Gasteiger partial charge in [0.15, 0.2) is 0 Å². The van der Waals surface area contributed by atoms with Crippen molar-refractivity contribution in [1.29, 1.82) is 0 Å². The normalized spacial score (nSPS) is 16.1. The number of nitrogens with zero attached hydrogens (tertiary/aromatic N) is 1. The summed E-state index contributed by atoms with van der Waals surface area (Å²) >= 11 is 0. The van der Waals surface area contributed by atoms with Gasteiger partial charge in [0.05, 0.1) is 19.8 Å². The molecule has 1 aliphatic heterocycles. The van der Waals surface area contributed by atoms with Gasteiger partial charge in [-0.1, -0.05) is 45.0 Å². The topological polar surface area (TPSA) is 50.8 Å². The molecule has 0 radical (unpaired) electrons. The molecule has 1 aromatic carbocycles. The fourth-order valence-electron chi connectivity index (χ4n) is 2.61. The zero-order valence-electron chi connectivity index (χ0n) is 15.1. The first kappa shape index (κ1) is 18.9. The van der Waals surface area contributed by atoms with Crippen molar-refractivity contribution in [3.8, 4) is 0 Å². The van der Waals surface area contributed by atoms with Crippen molar-refractivity contribution in [3.05, 3.63) is 35.4 Å². The van der Waals surface area contributed by atoms with E-state index in [4.69, 9.17) is 9.57 Å². The van der Waals surface area contributed by atoms with Gasteiger partial charge in [-0.2, -0.15) is 0 Å². The van der Waals surface area contributed by atoms with Gasteiger partial charge in [0.25, 0.3) is 0 Å². The molecule has 1 amide bonds. The summed E-state index contributed by atoms with van der Waals surface area (Å²) in [6.07, 6.45) is 1.16. The maximum absolute atomic E-state index is 11.8. The highest BCUT2D eigenvalue weighted by Gasteiger charge is 2.13. The van der Waals surface area contributed by atoms with Crippen molar-refractivity contribution in [2.24, 2.45) is 0 Å². The lowest BCUT2D eigenvalue weighted by molar-refractivity contribution is -0.134. The third-order valence-corrected chi connectivity index (χ3v) is 4.26. The van der Waals surface area contributed by atoms with Crippen LogP contribution in [0.25, 0.3) is 0 Å². The number of ether oxygens (including phenoxy) is 1. The minimum atomic E-state index is -0.0723. The standard InChI is InChI=1S/C19H30N2O3/c1-19(2,3)17-7-4-16(5-8-17)6-9-18(22)20-24-15-12-21-10-13-23-14-11-21/h4-5,7-8H,6,9-15H2,1-3H3,(H,20,22). The minimum absolute atomic E-state index is 0.0723. The summed E-state index contributed by atoms with van der Waals surface area (Å²) in [7, 11) is 0. The number of hydroxylamine groups is 1. The van der Waals surface area contributed by atoms with Crippen LogP contribution in [0.5, 0.6) is 0 Å². The molecule has 0 aliphatic carbocycles. The van der Waals surface area contributed by atoms with Crippen LogP contribution < -0.4 is 5.48 Å². The van der Waals surface area contributed by atoms with E-state index in [-0.39, 0.29) is 11.3 Å². The van der Waals surface area contributed by atoms with E-state index in [1.54, 1.807) is 0 Å². The Hall–Kier alpha value is -1.43. The quantitative estimate of drug-likeness (QED) is 0.614. The van der Waals surface area contributed by atoms with Crippen LogP contribution >= 0.6 is 0 Å². The molecule has 1 aromatic rings. The SMILES string of the molecule is CC(C)(C)c1ccc(CCC(=O)NOCCN2CCOCC2)cc1. The van der Waals surface area contributed by atoms with Crippen LogP contribution in [0.2, 0.25) is 0 Å². The summed E-state index contributed by atoms with van der Waals surface area (Å²) < 4.78 is 5.29. The Balaban J connectivity index is 1.60. The van der Waals surface area contributed by atoms with Crippen LogP contribution in [-0.2, 0) is 26.2 Å². The molecule has 1 heterocycles. The van der Waals surface area contributed by atoms with Crippen LogP contribution in [-0.4, -0.2) is 50.3 Å². The zero-order chi connectivity index (χ0) is 17.4. The van der Waals surface area contributed by atoms with E-state index in [0.29, 0.717) is 13.0 Å². The molecule has 0 aromatic heterocycles. The fraction of sp³-hybridized carbons (Fsp3) is 0.632. The Kier molecular flexibility index (Phi) is 7.21. The lowest BCUT2D eigenvalue weighted by Crippen LogP contribution is -2.39. The van der Waals surface area contributed by atoms with Crippen molar-refractivity contribution in [1.82, 2.24) is 10.4 Å². The summed E-state index contributed by atoms with van der Waals surface area (Å²) in [6.45, 7) is 11.3. The molecule has 1 N–H and O–H groups in total. The Morgan fingerprint density at radius 2 is 1.88 bits per heavy atom. The predicted octanol–water partition coefficient (Wildman–Crippen LogP) is 2.30. The highest BCUT2D eigenvalue weighted by atomic mass is 16.7. The molecule has 1 saturated heterocycles. The maximum atomic E-state index is 11.8. The average molecular weight is 334 g/mol. The fourth-order valence-corrected chi connectivity index (χ4v) is 2.61. The van der Waals surface area contributed by atoms with Crippen molar-refractivity contribution in [2.45, 2.75) is 39.0 Å². The smallest absolute Gasteiger partial charge is 0.243 e. The molecule has 0 spiro atoms. The molecule has 1 aliphatic rings. The van der Waals surface area contributed by atoms with Gasteiger partial charge in [-0.25, -0.2) is 5.48 Å². The average Bonchev–Trinajstić information content (AvgIpc) is 2.57. The monoisotopic (exact) mass is 334 g/mol. The van der Waals surface area contributed by atoms with Gasteiger partial charge in [-0.3, -0.25) is 14.5 Å². The lowest BCUT2D eigenvalue weighted by atomic mass is 9.86. The van der Waals surface area contributed by atoms with Crippen LogP contribution in [0.3, 0.4) is 0 Å². The number of hydrogen-bond acceptors (Lipinski definition) is 4. The number of morpholine rings is 1. The number of nitrogens with one attached hydrogen (secondary N) is 1. The third kappa shape index (κ3) is 6.59. The molecular formula is C19H30N2O3. The lowest BCUT2D eigenvalue weighted by Gasteiger charge is -2.26. The highest BCUT2D eigenvalue weighted by molar-refractivity contribution is 5.75. The first-order chi connectivity index (χ1) is 11.4. The van der Waals surface area contributed by atoms with Crippen LogP contribution in [0.15, 0.2) is 24.3 Å². The van der Waals surface area contributed by atoms with E-state index in [2.05, 4.69) is 55.4 Å². The minimum Gasteiger partial charge on any atom is -0.379 e. The van der Waals surface area contributed by atoms with Crippen molar-refractivity contribution < 1.29 is 14.4 Å². The van der Waals surface area contributed by atoms with Gasteiger partial charge < -0.3 is 4.74 Å². The number of carbonyl (C=O) groups excluding carboxylic acids is 1. The molecule has 0 saturated carbocycles. The summed E-state index contributed by atoms with van der Waals surface area (Å²) in [5, 5.41) is 0. The van der Waals surface area contributed by atoms with Gasteiger partial charge in [0.1, 0.15) is 0 Å². The molecule has 24 heavy (non-hydrogen) atoms. The first-order valence-electron chi connectivity index (χ1n) is 8.75. The van der Waals surface area contributed by atoms with E-state index < -0.39 is 0 Å². The van der Waals surface area contributed by atoms with Gasteiger partial charge in [-0.15, -0.1) is 0 Å². The van der Waals surface area contributed by atoms with E-state index in [1.807, 2.05) is 0 Å². The number of aryl methyl sites for hydroxylation is 1. The largest absolute Gasteiger partial charge is 0.379 e. The van der Waals surface area contributed by atoms with Crippen molar-refractivity contribution in [2.75, 3.05) is 39.5 Å². The zero-order valence-corrected chi connectivity index (χ0v) is 15.1. The molecule has 0 atom stereocenters. The Morgan fingerprint density at radius 1 is 1.21 bits per heavy atom. The second kappa shape index (κ2) is 9.16. The summed E-state index contributed by atoms with van der Waals surface area (Å²) in [4.78, 5) is 19.4. The third-order valence-electron chi connectivity index (χ3n) is 4.26. The van der Waals surface area contributed by atoms with Crippen LogP contribution in [0.1, 0.15) is 38.3 Å². The van der Waals surface area contributed by atoms with Crippen LogP contribution in [0.4, 0.5) is 0 Å². The second-order valence-electron chi connectivity index (χ2n) is 7.27. The van der Waals surface area contributed by atoms with Crippen molar-refractivity contribution >= 4 is 5.91 Å². The number of carbonyl (C=O) groups is 1. The second-order valence-corrected chi connectivity index (χ2v) is 7.27. The maximum Gasteiger partial charge on any atom is 0.243 e. The molecule has 2 rings (SSSR count). The number of amides is 1. The molecular weight excluding hydrogens is 304 g/mol. The van der Waals surface area contributed by atoms with E-state index in [0.717, 1.165) is 39.3 Å². The summed E-state index contributed by atoms with van der Waals surface area (Å²) in [6, 6.07) is 8.50. The molecule has 1 fully saturated rings. The van der Waals surface area contributed by atoms with Gasteiger partial charge >= 0.3 is 0 Å². The van der Waals surface area contributed by atoms with E-state index >= 15 is 0 Å². The Labute approximate surface area is 145 Å². The molecule has 5 heteroatoms. The number of rotatable bonds is 7. The Bertz CT molecular complexity index is 502. The number of hydrogen-bond donors (Lipinski definition) is 1. The predicted molar refractivity (Wildman–Crippen MR) is 94.8 cm³/mol. The summed E-state index contributed by atoms with van der Waals surface area (Å²) in [5.41, 5.74) is 5.17. The van der Waals surface area contributed by atoms with Gasteiger partial charge in [0.2, 0.25) is 5.91 Å². The summed E-state index contributed by atoms with van der Waals surface area (Å²) in [5.74, 6) is -0.0723. The molecule has 0 bridgehead atoms. The van der Waals surface area contributed by atoms with Gasteiger partial charge in [0, 0.05) is 26.1 Å². The molecule has 5 nitrogen and oxygen atoms in total. The first-order valence-corrected chi connectivity index (χ1v) is 8.75.